The van der Waals surface area contributed by atoms with Crippen LogP contribution in [0.2, 0.25) is 0 Å². The van der Waals surface area contributed by atoms with Gasteiger partial charge in [-0.05, 0) is 29.8 Å². The van der Waals surface area contributed by atoms with Gasteiger partial charge in [0.25, 0.3) is 11.1 Å². The van der Waals surface area contributed by atoms with E-state index >= 15 is 0 Å². The number of carboxylic acid groups (broad SMARTS) is 1. The summed E-state index contributed by atoms with van der Waals surface area (Å²) in [6, 6.07) is 14.0. The highest BCUT2D eigenvalue weighted by molar-refractivity contribution is 7.98. The number of methoxy groups -OCH3 is 1. The average molecular weight is 372 g/mol. The molecule has 0 aliphatic carbocycles. The molecule has 0 bridgehead atoms. The predicted octanol–water partition coefficient (Wildman–Crippen LogP) is 3.65. The Morgan fingerprint density at radius 1 is 1.15 bits per heavy atom. The minimum Gasteiger partial charge on any atom is -0.493 e. The predicted molar refractivity (Wildman–Crippen MR) is 94.6 cm³/mol. The number of para-hydroxylation sites is 2. The Bertz CT molecular complexity index is 897. The highest BCUT2D eigenvalue weighted by Gasteiger charge is 2.10. The zero-order chi connectivity index (χ0) is 18.4. The van der Waals surface area contributed by atoms with E-state index in [1.54, 1.807) is 37.4 Å². The number of carbonyl (C=O) groups is 1. The molecule has 1 heterocycles. The molecule has 7 nitrogen and oxygen atoms in total. The highest BCUT2D eigenvalue weighted by Crippen LogP contribution is 2.27. The summed E-state index contributed by atoms with van der Waals surface area (Å²) in [7, 11) is 1.57. The lowest BCUT2D eigenvalue weighted by molar-refractivity contribution is 0.0696. The van der Waals surface area contributed by atoms with Crippen molar-refractivity contribution < 1.29 is 23.8 Å². The number of hydrogen-bond donors (Lipinski definition) is 1. The maximum Gasteiger partial charge on any atom is 0.335 e. The fourth-order valence-electron chi connectivity index (χ4n) is 2.17. The van der Waals surface area contributed by atoms with Gasteiger partial charge in [0.1, 0.15) is 0 Å². The van der Waals surface area contributed by atoms with Crippen LogP contribution in [0.5, 0.6) is 11.5 Å². The smallest absolute Gasteiger partial charge is 0.335 e. The van der Waals surface area contributed by atoms with Crippen LogP contribution in [0.4, 0.5) is 0 Å². The van der Waals surface area contributed by atoms with Gasteiger partial charge in [-0.15, -0.1) is 10.2 Å². The molecule has 0 saturated carbocycles. The van der Waals surface area contributed by atoms with E-state index in [1.807, 2.05) is 18.2 Å². The van der Waals surface area contributed by atoms with Crippen molar-refractivity contribution in [1.82, 2.24) is 10.2 Å². The van der Waals surface area contributed by atoms with E-state index in [2.05, 4.69) is 10.2 Å². The van der Waals surface area contributed by atoms with E-state index in [0.717, 1.165) is 5.56 Å². The van der Waals surface area contributed by atoms with Crippen molar-refractivity contribution in [1.29, 1.82) is 0 Å². The van der Waals surface area contributed by atoms with E-state index in [1.165, 1.54) is 11.8 Å². The van der Waals surface area contributed by atoms with Crippen molar-refractivity contribution in [2.45, 2.75) is 17.6 Å². The minimum atomic E-state index is -0.953. The Kier molecular flexibility index (Phi) is 5.75. The van der Waals surface area contributed by atoms with Gasteiger partial charge in [-0.25, -0.2) is 4.79 Å². The molecule has 0 saturated heterocycles. The molecule has 3 rings (SSSR count). The van der Waals surface area contributed by atoms with Crippen molar-refractivity contribution in [3.63, 3.8) is 0 Å². The van der Waals surface area contributed by atoms with Crippen molar-refractivity contribution in [2.75, 3.05) is 7.11 Å². The van der Waals surface area contributed by atoms with Crippen molar-refractivity contribution >= 4 is 17.7 Å². The molecule has 0 aliphatic heterocycles. The molecule has 0 aliphatic rings. The van der Waals surface area contributed by atoms with Crippen LogP contribution in [0.15, 0.2) is 58.2 Å². The molecular formula is C18H16N2O5S. The Morgan fingerprint density at radius 2 is 1.96 bits per heavy atom. The second-order valence-electron chi connectivity index (χ2n) is 5.20. The topological polar surface area (TPSA) is 94.7 Å². The van der Waals surface area contributed by atoms with Crippen LogP contribution in [0.1, 0.15) is 21.8 Å². The van der Waals surface area contributed by atoms with Gasteiger partial charge >= 0.3 is 5.97 Å². The monoisotopic (exact) mass is 372 g/mol. The van der Waals surface area contributed by atoms with Gasteiger partial charge in [-0.3, -0.25) is 0 Å². The molecule has 134 valence electrons. The van der Waals surface area contributed by atoms with Crippen LogP contribution in [0, 0.1) is 0 Å². The third kappa shape index (κ3) is 4.54. The third-order valence-corrected chi connectivity index (χ3v) is 4.29. The lowest BCUT2D eigenvalue weighted by Gasteiger charge is -2.07. The fourth-order valence-corrected chi connectivity index (χ4v) is 2.89. The first kappa shape index (κ1) is 17.8. The molecule has 26 heavy (non-hydrogen) atoms. The Labute approximate surface area is 154 Å². The summed E-state index contributed by atoms with van der Waals surface area (Å²) in [5, 5.41) is 17.3. The van der Waals surface area contributed by atoms with E-state index in [0.29, 0.717) is 28.4 Å². The lowest BCUT2D eigenvalue weighted by atomic mass is 10.1. The van der Waals surface area contributed by atoms with E-state index in [9.17, 15) is 4.79 Å². The first-order valence-corrected chi connectivity index (χ1v) is 8.67. The number of ether oxygens (including phenoxy) is 2. The number of hydrogen-bond acceptors (Lipinski definition) is 7. The molecule has 0 amide bonds. The Balaban J connectivity index is 1.56. The number of benzene rings is 2. The molecule has 8 heteroatoms. The molecule has 2 aromatic carbocycles. The normalized spacial score (nSPS) is 10.5. The maximum absolute atomic E-state index is 11.0. The quantitative estimate of drug-likeness (QED) is 0.599. The molecular weight excluding hydrogens is 356 g/mol. The number of aromatic nitrogens is 2. The summed E-state index contributed by atoms with van der Waals surface area (Å²) >= 11 is 1.33. The zero-order valence-corrected chi connectivity index (χ0v) is 14.7. The molecule has 0 unspecified atom stereocenters. The van der Waals surface area contributed by atoms with Crippen molar-refractivity contribution in [3.05, 3.63) is 65.5 Å². The van der Waals surface area contributed by atoms with Crippen LogP contribution < -0.4 is 9.47 Å². The molecule has 0 atom stereocenters. The second kappa shape index (κ2) is 8.39. The van der Waals surface area contributed by atoms with Crippen molar-refractivity contribution in [3.8, 4) is 11.5 Å². The molecule has 0 fully saturated rings. The Hall–Kier alpha value is -3.00. The third-order valence-electron chi connectivity index (χ3n) is 3.40. The van der Waals surface area contributed by atoms with E-state index in [4.69, 9.17) is 19.0 Å². The van der Waals surface area contributed by atoms with Gasteiger partial charge in [0.2, 0.25) is 0 Å². The first-order valence-electron chi connectivity index (χ1n) is 7.69. The Morgan fingerprint density at radius 3 is 2.73 bits per heavy atom. The van der Waals surface area contributed by atoms with Crippen LogP contribution in [-0.2, 0) is 12.4 Å². The van der Waals surface area contributed by atoms with Gasteiger partial charge in [0.15, 0.2) is 18.1 Å². The molecule has 0 radical (unpaired) electrons. The molecule has 1 N–H and O–H groups in total. The van der Waals surface area contributed by atoms with Crippen LogP contribution in [0.25, 0.3) is 0 Å². The highest BCUT2D eigenvalue weighted by atomic mass is 32.2. The fraction of sp³-hybridized carbons (Fsp3) is 0.167. The van der Waals surface area contributed by atoms with Gasteiger partial charge in [-0.1, -0.05) is 36.0 Å². The number of aromatic carboxylic acids is 1. The van der Waals surface area contributed by atoms with Crippen LogP contribution in [-0.4, -0.2) is 28.4 Å². The molecule has 1 aromatic heterocycles. The van der Waals surface area contributed by atoms with Crippen molar-refractivity contribution in [2.24, 2.45) is 0 Å². The molecule has 0 spiro atoms. The lowest BCUT2D eigenvalue weighted by Crippen LogP contribution is -1.97. The van der Waals surface area contributed by atoms with Gasteiger partial charge < -0.3 is 19.0 Å². The number of thioether (sulfide) groups is 1. The summed E-state index contributed by atoms with van der Waals surface area (Å²) in [4.78, 5) is 11.0. The first-order chi connectivity index (χ1) is 12.7. The summed E-state index contributed by atoms with van der Waals surface area (Å²) in [6.45, 7) is 0.127. The summed E-state index contributed by atoms with van der Waals surface area (Å²) < 4.78 is 16.4. The van der Waals surface area contributed by atoms with Crippen LogP contribution >= 0.6 is 11.8 Å². The number of carboxylic acids is 1. The number of rotatable bonds is 8. The van der Waals surface area contributed by atoms with Gasteiger partial charge in [-0.2, -0.15) is 0 Å². The SMILES string of the molecule is COc1ccccc1OCc1nnc(SCc2cccc(C(=O)O)c2)o1. The standard InChI is InChI=1S/C18H16N2O5S/c1-23-14-7-2-3-8-15(14)24-10-16-19-20-18(25-16)26-11-12-5-4-6-13(9-12)17(21)22/h2-9H,10-11H2,1H3,(H,21,22). The van der Waals surface area contributed by atoms with Crippen LogP contribution in [0.3, 0.4) is 0 Å². The second-order valence-corrected chi connectivity index (χ2v) is 6.12. The largest absolute Gasteiger partial charge is 0.493 e. The molecule has 3 aromatic rings. The van der Waals surface area contributed by atoms with Gasteiger partial charge in [0, 0.05) is 5.75 Å². The van der Waals surface area contributed by atoms with E-state index < -0.39 is 5.97 Å². The summed E-state index contributed by atoms with van der Waals surface area (Å²) in [5.41, 5.74) is 1.11. The number of nitrogens with zero attached hydrogens (tertiary/aromatic N) is 2. The average Bonchev–Trinajstić information content (AvgIpc) is 3.13. The maximum atomic E-state index is 11.0. The summed E-state index contributed by atoms with van der Waals surface area (Å²) in [6.07, 6.45) is 0. The summed E-state index contributed by atoms with van der Waals surface area (Å²) in [5.74, 6) is 1.13. The zero-order valence-electron chi connectivity index (χ0n) is 13.9. The van der Waals surface area contributed by atoms with Gasteiger partial charge in [0.05, 0.1) is 12.7 Å². The minimum absolute atomic E-state index is 0.127. The van der Waals surface area contributed by atoms with E-state index in [-0.39, 0.29) is 12.2 Å².